The molecule has 4 rings (SSSR count). The van der Waals surface area contributed by atoms with Crippen LogP contribution in [0, 0.1) is 0 Å². The molecule has 7 heteroatoms. The predicted molar refractivity (Wildman–Crippen MR) is 97.1 cm³/mol. The van der Waals surface area contributed by atoms with E-state index in [2.05, 4.69) is 16.9 Å². The third-order valence-corrected chi connectivity index (χ3v) is 5.13. The molecule has 26 heavy (non-hydrogen) atoms. The average molecular weight is 356 g/mol. The van der Waals surface area contributed by atoms with E-state index in [1.54, 1.807) is 0 Å². The summed E-state index contributed by atoms with van der Waals surface area (Å²) in [4.78, 5) is 16.9. The van der Waals surface area contributed by atoms with E-state index in [4.69, 9.17) is 4.74 Å². The van der Waals surface area contributed by atoms with Crippen molar-refractivity contribution < 1.29 is 14.6 Å². The van der Waals surface area contributed by atoms with Crippen LogP contribution >= 0.6 is 0 Å². The summed E-state index contributed by atoms with van der Waals surface area (Å²) in [6.45, 7) is 5.72. The van der Waals surface area contributed by atoms with Crippen LogP contribution in [-0.2, 0) is 30.9 Å². The van der Waals surface area contributed by atoms with Crippen molar-refractivity contribution in [1.82, 2.24) is 14.7 Å². The number of aliphatic hydroxyl groups is 1. The fourth-order valence-corrected chi connectivity index (χ4v) is 3.85. The quantitative estimate of drug-likeness (QED) is 0.891. The molecule has 0 spiro atoms. The van der Waals surface area contributed by atoms with Gasteiger partial charge >= 0.3 is 0 Å². The zero-order valence-electron chi connectivity index (χ0n) is 15.0. The van der Waals surface area contributed by atoms with E-state index >= 15 is 0 Å². The Kier molecular flexibility index (Phi) is 4.65. The van der Waals surface area contributed by atoms with Crippen LogP contribution in [0.5, 0.6) is 5.75 Å². The number of fused-ring (bicyclic) bond motifs is 2. The van der Waals surface area contributed by atoms with Crippen molar-refractivity contribution in [1.29, 1.82) is 0 Å². The van der Waals surface area contributed by atoms with Crippen LogP contribution in [-0.4, -0.2) is 51.9 Å². The number of benzene rings is 1. The Morgan fingerprint density at radius 1 is 1.31 bits per heavy atom. The van der Waals surface area contributed by atoms with Crippen molar-refractivity contribution in [3.05, 3.63) is 41.2 Å². The van der Waals surface area contributed by atoms with E-state index in [9.17, 15) is 9.90 Å². The Bertz CT molecular complexity index is 817. The van der Waals surface area contributed by atoms with Gasteiger partial charge in [-0.15, -0.1) is 0 Å². The maximum Gasteiger partial charge on any atom is 0.241 e. The van der Waals surface area contributed by atoms with Crippen LogP contribution in [0.1, 0.15) is 23.9 Å². The van der Waals surface area contributed by atoms with Gasteiger partial charge in [-0.05, 0) is 19.1 Å². The van der Waals surface area contributed by atoms with E-state index in [-0.39, 0.29) is 12.5 Å². The number of carbonyl (C=O) groups excluding carboxylic acids is 1. The molecule has 1 amide bonds. The minimum atomic E-state index is -0.0615. The van der Waals surface area contributed by atoms with E-state index in [1.807, 2.05) is 33.8 Å². The van der Waals surface area contributed by atoms with Crippen molar-refractivity contribution >= 4 is 11.6 Å². The standard InChI is InChI=1S/C19H24N4O3/c1-2-23-16-7-8-21(11-14(16)15(13-24)20-23)12-19(25)22-9-10-26-18-6-4-3-5-17(18)22/h3-6,24H,2,7-13H2,1H3. The van der Waals surface area contributed by atoms with Gasteiger partial charge in [0.2, 0.25) is 5.91 Å². The molecule has 2 aliphatic rings. The lowest BCUT2D eigenvalue weighted by Gasteiger charge is -2.33. The molecular weight excluding hydrogens is 332 g/mol. The zero-order valence-corrected chi connectivity index (χ0v) is 15.0. The normalized spacial score (nSPS) is 16.8. The van der Waals surface area contributed by atoms with Crippen molar-refractivity contribution in [3.8, 4) is 5.75 Å². The summed E-state index contributed by atoms with van der Waals surface area (Å²) >= 11 is 0. The Hall–Kier alpha value is -2.38. The van der Waals surface area contributed by atoms with Crippen LogP contribution in [0.15, 0.2) is 24.3 Å². The first-order valence-electron chi connectivity index (χ1n) is 9.14. The first-order valence-corrected chi connectivity index (χ1v) is 9.14. The number of rotatable bonds is 4. The molecule has 0 saturated carbocycles. The fourth-order valence-electron chi connectivity index (χ4n) is 3.85. The molecule has 0 unspecified atom stereocenters. The first-order chi connectivity index (χ1) is 12.7. The maximum absolute atomic E-state index is 12.9. The second-order valence-corrected chi connectivity index (χ2v) is 6.67. The number of amides is 1. The number of aryl methyl sites for hydroxylation is 1. The van der Waals surface area contributed by atoms with E-state index in [0.717, 1.165) is 42.2 Å². The summed E-state index contributed by atoms with van der Waals surface area (Å²) in [6, 6.07) is 7.67. The largest absolute Gasteiger partial charge is 0.490 e. The smallest absolute Gasteiger partial charge is 0.241 e. The highest BCUT2D eigenvalue weighted by Gasteiger charge is 2.28. The molecule has 0 bridgehead atoms. The SMILES string of the molecule is CCn1nc(CO)c2c1CCN(CC(=O)N1CCOc3ccccc31)C2. The lowest BCUT2D eigenvalue weighted by atomic mass is 10.1. The van der Waals surface area contributed by atoms with Crippen molar-refractivity contribution in [2.45, 2.75) is 33.0 Å². The minimum Gasteiger partial charge on any atom is -0.490 e. The zero-order chi connectivity index (χ0) is 18.1. The number of ether oxygens (including phenoxy) is 1. The average Bonchev–Trinajstić information content (AvgIpc) is 3.04. The van der Waals surface area contributed by atoms with Gasteiger partial charge in [-0.2, -0.15) is 5.10 Å². The van der Waals surface area contributed by atoms with Crippen LogP contribution < -0.4 is 9.64 Å². The number of hydrogen-bond donors (Lipinski definition) is 1. The molecule has 0 saturated heterocycles. The lowest BCUT2D eigenvalue weighted by molar-refractivity contribution is -0.120. The molecule has 0 radical (unpaired) electrons. The van der Waals surface area contributed by atoms with Gasteiger partial charge in [0.1, 0.15) is 12.4 Å². The highest BCUT2D eigenvalue weighted by Crippen LogP contribution is 2.31. The van der Waals surface area contributed by atoms with Gasteiger partial charge in [0.25, 0.3) is 0 Å². The molecule has 1 aromatic heterocycles. The number of hydrogen-bond acceptors (Lipinski definition) is 5. The third-order valence-electron chi connectivity index (χ3n) is 5.13. The van der Waals surface area contributed by atoms with Gasteiger partial charge in [0.15, 0.2) is 0 Å². The highest BCUT2D eigenvalue weighted by molar-refractivity contribution is 5.96. The molecule has 2 aliphatic heterocycles. The van der Waals surface area contributed by atoms with E-state index in [0.29, 0.717) is 26.2 Å². The van der Waals surface area contributed by atoms with Crippen molar-refractivity contribution in [3.63, 3.8) is 0 Å². The van der Waals surface area contributed by atoms with Crippen molar-refractivity contribution in [2.75, 3.05) is 31.1 Å². The Morgan fingerprint density at radius 2 is 2.15 bits per heavy atom. The Labute approximate surface area is 152 Å². The molecule has 0 atom stereocenters. The topological polar surface area (TPSA) is 70.8 Å². The van der Waals surface area contributed by atoms with Gasteiger partial charge in [0, 0.05) is 37.3 Å². The van der Waals surface area contributed by atoms with E-state index in [1.165, 1.54) is 5.69 Å². The van der Waals surface area contributed by atoms with Gasteiger partial charge in [0.05, 0.1) is 31.1 Å². The second-order valence-electron chi connectivity index (χ2n) is 6.67. The molecule has 138 valence electrons. The monoisotopic (exact) mass is 356 g/mol. The van der Waals surface area contributed by atoms with Crippen LogP contribution in [0.25, 0.3) is 0 Å². The van der Waals surface area contributed by atoms with Crippen LogP contribution in [0.3, 0.4) is 0 Å². The summed E-state index contributed by atoms with van der Waals surface area (Å²) in [5.41, 5.74) is 3.85. The number of para-hydroxylation sites is 2. The number of aliphatic hydroxyl groups excluding tert-OH is 1. The first kappa shape index (κ1) is 17.1. The summed E-state index contributed by atoms with van der Waals surface area (Å²) in [5, 5.41) is 14.1. The molecule has 2 aromatic rings. The van der Waals surface area contributed by atoms with Gasteiger partial charge in [-0.1, -0.05) is 12.1 Å². The number of nitrogens with zero attached hydrogens (tertiary/aromatic N) is 4. The van der Waals surface area contributed by atoms with Gasteiger partial charge < -0.3 is 14.7 Å². The van der Waals surface area contributed by atoms with E-state index < -0.39 is 0 Å². The van der Waals surface area contributed by atoms with Gasteiger partial charge in [-0.3, -0.25) is 14.4 Å². The van der Waals surface area contributed by atoms with Gasteiger partial charge in [-0.25, -0.2) is 0 Å². The van der Waals surface area contributed by atoms with Crippen LogP contribution in [0.4, 0.5) is 5.69 Å². The van der Waals surface area contributed by atoms with Crippen LogP contribution in [0.2, 0.25) is 0 Å². The molecule has 7 nitrogen and oxygen atoms in total. The molecule has 0 fully saturated rings. The number of aromatic nitrogens is 2. The number of carbonyl (C=O) groups is 1. The third kappa shape index (κ3) is 2.97. The maximum atomic E-state index is 12.9. The molecule has 1 aromatic carbocycles. The summed E-state index contributed by atoms with van der Waals surface area (Å²) in [7, 11) is 0. The Balaban J connectivity index is 1.49. The summed E-state index contributed by atoms with van der Waals surface area (Å²) in [5.74, 6) is 0.845. The highest BCUT2D eigenvalue weighted by atomic mass is 16.5. The molecular formula is C19H24N4O3. The molecule has 3 heterocycles. The minimum absolute atomic E-state index is 0.0615. The summed E-state index contributed by atoms with van der Waals surface area (Å²) < 4.78 is 7.61. The Morgan fingerprint density at radius 3 is 2.96 bits per heavy atom. The lowest BCUT2D eigenvalue weighted by Crippen LogP contribution is -2.45. The second kappa shape index (κ2) is 7.09. The summed E-state index contributed by atoms with van der Waals surface area (Å²) in [6.07, 6.45) is 0.850. The molecule has 0 aliphatic carbocycles. The van der Waals surface area contributed by atoms with Crippen molar-refractivity contribution in [2.24, 2.45) is 0 Å². The number of anilines is 1. The molecule has 1 N–H and O–H groups in total. The fraction of sp³-hybridized carbons (Fsp3) is 0.474. The predicted octanol–water partition coefficient (Wildman–Crippen LogP) is 1.18.